The third kappa shape index (κ3) is 80.1. The molecule has 19 heteroatoms. The first kappa shape index (κ1) is 104. The van der Waals surface area contributed by atoms with Crippen molar-refractivity contribution in [1.29, 1.82) is 0 Å². The summed E-state index contributed by atoms with van der Waals surface area (Å²) >= 11 is 0. The Morgan fingerprint density at radius 2 is 0.434 bits per heavy atom. The van der Waals surface area contributed by atoms with E-state index in [1.807, 2.05) is 0 Å². The lowest BCUT2D eigenvalue weighted by molar-refractivity contribution is -0.161. The summed E-state index contributed by atoms with van der Waals surface area (Å²) in [6, 6.07) is 0. The van der Waals surface area contributed by atoms with Gasteiger partial charge >= 0.3 is 39.5 Å². The van der Waals surface area contributed by atoms with E-state index in [1.54, 1.807) is 0 Å². The van der Waals surface area contributed by atoms with Crippen LogP contribution in [-0.4, -0.2) is 96.7 Å². The summed E-state index contributed by atoms with van der Waals surface area (Å²) in [5.74, 6) is 0.203. The second-order valence-corrected chi connectivity index (χ2v) is 35.6. The zero-order valence-corrected chi connectivity index (χ0v) is 71.7. The molecule has 17 nitrogen and oxygen atoms in total. The van der Waals surface area contributed by atoms with Crippen molar-refractivity contribution in [3.8, 4) is 0 Å². The lowest BCUT2D eigenvalue weighted by Crippen LogP contribution is -2.30. The van der Waals surface area contributed by atoms with Gasteiger partial charge in [0.2, 0.25) is 0 Å². The maximum Gasteiger partial charge on any atom is 0.472 e. The Morgan fingerprint density at radius 3 is 0.642 bits per heavy atom. The number of hydrogen-bond acceptors (Lipinski definition) is 15. The van der Waals surface area contributed by atoms with E-state index in [2.05, 4.69) is 48.5 Å². The number of unbranched alkanes of at least 4 members (excludes halogenated alkanes) is 53. The number of carbonyl (C=O) groups is 4. The van der Waals surface area contributed by atoms with E-state index in [0.29, 0.717) is 25.7 Å². The van der Waals surface area contributed by atoms with Crippen LogP contribution in [0.15, 0.2) is 0 Å². The summed E-state index contributed by atoms with van der Waals surface area (Å²) in [4.78, 5) is 73.2. The van der Waals surface area contributed by atoms with Crippen molar-refractivity contribution in [2.24, 2.45) is 17.8 Å². The molecule has 0 aliphatic rings. The van der Waals surface area contributed by atoms with Crippen LogP contribution in [0.3, 0.4) is 0 Å². The molecule has 106 heavy (non-hydrogen) atoms. The van der Waals surface area contributed by atoms with Crippen molar-refractivity contribution < 1.29 is 80.2 Å². The highest BCUT2D eigenvalue weighted by molar-refractivity contribution is 7.47. The van der Waals surface area contributed by atoms with Crippen LogP contribution < -0.4 is 0 Å². The van der Waals surface area contributed by atoms with E-state index in [0.717, 1.165) is 108 Å². The van der Waals surface area contributed by atoms with Crippen LogP contribution in [0, 0.1) is 17.8 Å². The van der Waals surface area contributed by atoms with Crippen molar-refractivity contribution in [3.05, 3.63) is 0 Å². The molecule has 0 amide bonds. The van der Waals surface area contributed by atoms with Crippen LogP contribution in [0.4, 0.5) is 0 Å². The second kappa shape index (κ2) is 77.0. The zero-order valence-electron chi connectivity index (χ0n) is 69.9. The van der Waals surface area contributed by atoms with Gasteiger partial charge in [0.1, 0.15) is 19.3 Å². The molecule has 0 aromatic heterocycles. The van der Waals surface area contributed by atoms with Crippen molar-refractivity contribution in [2.75, 3.05) is 39.6 Å². The minimum absolute atomic E-state index is 0.106. The van der Waals surface area contributed by atoms with E-state index in [1.165, 1.54) is 270 Å². The van der Waals surface area contributed by atoms with Crippen LogP contribution >= 0.6 is 15.6 Å². The van der Waals surface area contributed by atoms with Gasteiger partial charge in [0.25, 0.3) is 0 Å². The lowest BCUT2D eigenvalue weighted by Gasteiger charge is -2.21. The van der Waals surface area contributed by atoms with Gasteiger partial charge in [0.15, 0.2) is 12.2 Å². The maximum absolute atomic E-state index is 13.2. The van der Waals surface area contributed by atoms with Crippen molar-refractivity contribution in [2.45, 2.75) is 478 Å². The molecule has 3 N–H and O–H groups in total. The summed E-state index contributed by atoms with van der Waals surface area (Å²) in [6.07, 6.45) is 68.2. The highest BCUT2D eigenvalue weighted by Gasteiger charge is 2.30. The Hall–Kier alpha value is -1.94. The predicted octanol–water partition coefficient (Wildman–Crippen LogP) is 26.5. The van der Waals surface area contributed by atoms with Crippen LogP contribution in [0.25, 0.3) is 0 Å². The van der Waals surface area contributed by atoms with E-state index in [4.69, 9.17) is 37.0 Å². The lowest BCUT2D eigenvalue weighted by atomic mass is 10.0. The van der Waals surface area contributed by atoms with E-state index >= 15 is 0 Å². The summed E-state index contributed by atoms with van der Waals surface area (Å²) in [7, 11) is -9.93. The van der Waals surface area contributed by atoms with Crippen molar-refractivity contribution in [3.63, 3.8) is 0 Å². The molecule has 0 aromatic carbocycles. The molecule has 0 heterocycles. The van der Waals surface area contributed by atoms with Gasteiger partial charge in [-0.1, -0.05) is 408 Å². The van der Waals surface area contributed by atoms with Crippen molar-refractivity contribution >= 4 is 39.5 Å². The number of ether oxygens (including phenoxy) is 4. The number of phosphoric acid groups is 2. The zero-order chi connectivity index (χ0) is 77.9. The number of carbonyl (C=O) groups excluding carboxylic acids is 4. The number of aliphatic hydroxyl groups excluding tert-OH is 1. The average Bonchev–Trinajstić information content (AvgIpc) is 0.898. The van der Waals surface area contributed by atoms with Gasteiger partial charge in [-0.05, 0) is 43.4 Å². The Balaban J connectivity index is 5.23. The van der Waals surface area contributed by atoms with Crippen LogP contribution in [0.1, 0.15) is 459 Å². The molecular weight excluding hydrogens is 1380 g/mol. The fourth-order valence-electron chi connectivity index (χ4n) is 13.5. The summed E-state index contributed by atoms with van der Waals surface area (Å²) in [5.41, 5.74) is 0. The van der Waals surface area contributed by atoms with Crippen LogP contribution in [0.5, 0.6) is 0 Å². The first-order valence-electron chi connectivity index (χ1n) is 44.8. The quantitative estimate of drug-likeness (QED) is 0.0222. The number of aliphatic hydroxyl groups is 1. The van der Waals surface area contributed by atoms with Gasteiger partial charge in [-0.25, -0.2) is 9.13 Å². The summed E-state index contributed by atoms with van der Waals surface area (Å²) in [6.45, 7) is 12.0. The van der Waals surface area contributed by atoms with Gasteiger partial charge in [-0.2, -0.15) is 0 Å². The van der Waals surface area contributed by atoms with Gasteiger partial charge in [0.05, 0.1) is 26.4 Å². The van der Waals surface area contributed by atoms with Gasteiger partial charge in [0, 0.05) is 25.7 Å². The molecule has 0 aliphatic carbocycles. The van der Waals surface area contributed by atoms with E-state index < -0.39 is 97.5 Å². The predicted molar refractivity (Wildman–Crippen MR) is 437 cm³/mol. The topological polar surface area (TPSA) is 237 Å². The second-order valence-electron chi connectivity index (χ2n) is 32.7. The minimum atomic E-state index is -4.97. The molecule has 0 spiro atoms. The Morgan fingerprint density at radius 1 is 0.255 bits per heavy atom. The average molecular weight is 1550 g/mol. The van der Waals surface area contributed by atoms with E-state index in [-0.39, 0.29) is 25.7 Å². The largest absolute Gasteiger partial charge is 0.472 e. The first-order valence-corrected chi connectivity index (χ1v) is 47.8. The minimum Gasteiger partial charge on any atom is -0.462 e. The normalized spacial score (nSPS) is 13.9. The number of phosphoric ester groups is 2. The molecular formula is C87H170O17P2. The molecule has 0 radical (unpaired) electrons. The maximum atomic E-state index is 13.2. The Bertz CT molecular complexity index is 2040. The highest BCUT2D eigenvalue weighted by Crippen LogP contribution is 2.45. The Kier molecular flexibility index (Phi) is 75.6. The molecule has 0 bridgehead atoms. The molecule has 0 saturated carbocycles. The standard InChI is InChI=1S/C87H170O17P2/c1-8-9-10-11-12-13-14-15-16-17-18-19-20-21-22-27-30-33-41-49-56-63-70-86(91)103-82(74-97-84(89)68-61-54-47-40-32-29-26-24-23-25-28-31-37-44-51-58-65-78(2)3)76-101-105(93,94)99-72-81(88)73-100-106(95,96)102-77-83(75-98-85(90)69-62-55-48-43-36-39-46-53-60-67-80(6)7)104-87(92)71-64-57-50-42-35-34-38-45-52-59-66-79(4)5/h78-83,88H,8-77H2,1-7H3,(H,93,94)(H,95,96)/t81-,82-,83-/m1/s1. The fraction of sp³-hybridized carbons (Fsp3) is 0.954. The molecule has 2 unspecified atom stereocenters. The molecule has 0 fully saturated rings. The molecule has 0 aliphatic heterocycles. The Labute approximate surface area is 651 Å². The monoisotopic (exact) mass is 1550 g/mol. The summed E-state index contributed by atoms with van der Waals surface area (Å²) < 4.78 is 68.9. The van der Waals surface area contributed by atoms with Gasteiger partial charge in [-0.15, -0.1) is 0 Å². The van der Waals surface area contributed by atoms with E-state index in [9.17, 15) is 43.2 Å². The smallest absolute Gasteiger partial charge is 0.462 e. The third-order valence-electron chi connectivity index (χ3n) is 20.4. The highest BCUT2D eigenvalue weighted by atomic mass is 31.2. The van der Waals surface area contributed by atoms with Gasteiger partial charge in [-0.3, -0.25) is 37.3 Å². The molecule has 630 valence electrons. The van der Waals surface area contributed by atoms with Crippen LogP contribution in [-0.2, 0) is 65.4 Å². The summed E-state index contributed by atoms with van der Waals surface area (Å²) in [5, 5.41) is 10.7. The van der Waals surface area contributed by atoms with Crippen LogP contribution in [0.2, 0.25) is 0 Å². The van der Waals surface area contributed by atoms with Crippen molar-refractivity contribution in [1.82, 2.24) is 0 Å². The fourth-order valence-corrected chi connectivity index (χ4v) is 15.1. The number of rotatable bonds is 85. The number of esters is 4. The molecule has 0 saturated heterocycles. The third-order valence-corrected chi connectivity index (χ3v) is 22.3. The molecule has 5 atom stereocenters. The van der Waals surface area contributed by atoms with Gasteiger partial charge < -0.3 is 33.8 Å². The molecule has 0 aromatic rings. The molecule has 0 rings (SSSR count). The number of hydrogen-bond donors (Lipinski definition) is 3. The first-order chi connectivity index (χ1) is 51.2. The SMILES string of the molecule is CCCCCCCCCCCCCCCCCCCCCCCCC(=O)O[C@H](COC(=O)CCCCCCCCCCCCCCCCCCC(C)C)COP(=O)(O)OC[C@@H](O)COP(=O)(O)OC[C@@H](COC(=O)CCCCCCCCCCCC(C)C)OC(=O)CCCCCCCCCCCCC(C)C.